The molecule has 0 unspecified atom stereocenters. The molecule has 0 saturated heterocycles. The summed E-state index contributed by atoms with van der Waals surface area (Å²) in [5.41, 5.74) is 1.73. The average Bonchev–Trinajstić information content (AvgIpc) is 2.21. The Bertz CT molecular complexity index is 305. The van der Waals surface area contributed by atoms with E-state index < -0.39 is 0 Å². The number of nitrogens with zero attached hydrogens (tertiary/aromatic N) is 2. The summed E-state index contributed by atoms with van der Waals surface area (Å²) in [6.45, 7) is 0. The normalized spacial score (nSPS) is 9.67. The second-order valence-electron chi connectivity index (χ2n) is 2.29. The second-order valence-corrected chi connectivity index (χ2v) is 2.29. The van der Waals surface area contributed by atoms with E-state index in [-0.39, 0.29) is 0 Å². The van der Waals surface area contributed by atoms with Crippen molar-refractivity contribution in [2.45, 2.75) is 0 Å². The largest absolute Gasteiger partial charge is 0.254 e. The number of aromatic nitrogens is 2. The summed E-state index contributed by atoms with van der Waals surface area (Å²) in [6, 6.07) is 13.1. The van der Waals surface area contributed by atoms with Crippen LogP contribution in [-0.2, 0) is 0 Å². The molecule has 12 heavy (non-hydrogen) atoms. The quantitative estimate of drug-likeness (QED) is 0.625. The first kappa shape index (κ1) is 6.98. The molecule has 0 fully saturated rings. The zero-order valence-electron chi connectivity index (χ0n) is 6.36. The molecule has 2 aromatic rings. The van der Waals surface area contributed by atoms with Gasteiger partial charge in [0.05, 0.1) is 11.4 Å². The Balaban J connectivity index is 2.46. The van der Waals surface area contributed by atoms with E-state index in [2.05, 4.69) is 22.1 Å². The predicted octanol–water partition coefficient (Wildman–Crippen LogP) is 1.74. The van der Waals surface area contributed by atoms with Crippen molar-refractivity contribution in [1.29, 1.82) is 0 Å². The lowest BCUT2D eigenvalue weighted by molar-refractivity contribution is 1.24. The van der Waals surface area contributed by atoms with Gasteiger partial charge in [-0.15, -0.1) is 0 Å². The van der Waals surface area contributed by atoms with E-state index in [9.17, 15) is 0 Å². The topological polar surface area (TPSA) is 25.8 Å². The van der Waals surface area contributed by atoms with Crippen LogP contribution in [0.5, 0.6) is 0 Å². The summed E-state index contributed by atoms with van der Waals surface area (Å²) in [5.74, 6) is 0. The summed E-state index contributed by atoms with van der Waals surface area (Å²) in [4.78, 5) is 8.23. The number of pyridine rings is 2. The molecule has 0 amide bonds. The molecule has 2 radical (unpaired) electrons. The van der Waals surface area contributed by atoms with Crippen molar-refractivity contribution in [3.63, 3.8) is 0 Å². The minimum atomic E-state index is 0.864. The van der Waals surface area contributed by atoms with Gasteiger partial charge in [0.25, 0.3) is 0 Å². The van der Waals surface area contributed by atoms with E-state index in [0.29, 0.717) is 0 Å². The highest BCUT2D eigenvalue weighted by atomic mass is 14.7. The van der Waals surface area contributed by atoms with Gasteiger partial charge in [0, 0.05) is 24.5 Å². The van der Waals surface area contributed by atoms with Crippen molar-refractivity contribution < 1.29 is 0 Å². The maximum absolute atomic E-state index is 4.12. The van der Waals surface area contributed by atoms with Crippen LogP contribution in [0.15, 0.2) is 36.7 Å². The molecule has 2 heteroatoms. The Morgan fingerprint density at radius 2 is 1.33 bits per heavy atom. The smallest absolute Gasteiger partial charge is 0.0886 e. The molecule has 0 atom stereocenters. The van der Waals surface area contributed by atoms with Crippen LogP contribution in [0.25, 0.3) is 11.4 Å². The fraction of sp³-hybridized carbons (Fsp3) is 0. The van der Waals surface area contributed by atoms with E-state index >= 15 is 0 Å². The van der Waals surface area contributed by atoms with Crippen molar-refractivity contribution in [2.24, 2.45) is 0 Å². The molecule has 2 heterocycles. The van der Waals surface area contributed by atoms with Crippen LogP contribution in [0.1, 0.15) is 0 Å². The van der Waals surface area contributed by atoms with Crippen LogP contribution >= 0.6 is 0 Å². The predicted molar refractivity (Wildman–Crippen MR) is 45.1 cm³/mol. The molecule has 0 aliphatic carbocycles. The summed E-state index contributed by atoms with van der Waals surface area (Å²) in [6.07, 6.45) is 3.27. The van der Waals surface area contributed by atoms with Crippen molar-refractivity contribution in [2.75, 3.05) is 0 Å². The van der Waals surface area contributed by atoms with Crippen molar-refractivity contribution in [1.82, 2.24) is 9.97 Å². The summed E-state index contributed by atoms with van der Waals surface area (Å²) >= 11 is 0. The monoisotopic (exact) mass is 154 g/mol. The van der Waals surface area contributed by atoms with Gasteiger partial charge in [0.15, 0.2) is 0 Å². The van der Waals surface area contributed by atoms with Crippen molar-refractivity contribution in [3.8, 4) is 11.4 Å². The molecule has 0 N–H and O–H groups in total. The molecule has 0 aliphatic rings. The van der Waals surface area contributed by atoms with Gasteiger partial charge in [0.2, 0.25) is 0 Å². The van der Waals surface area contributed by atoms with Gasteiger partial charge < -0.3 is 0 Å². The maximum atomic E-state index is 4.12. The summed E-state index contributed by atoms with van der Waals surface area (Å²) < 4.78 is 0. The number of hydrogen-bond acceptors (Lipinski definition) is 2. The fourth-order valence-electron chi connectivity index (χ4n) is 0.943. The highest BCUT2D eigenvalue weighted by Gasteiger charge is 1.95. The third kappa shape index (κ3) is 1.32. The molecule has 2 aromatic heterocycles. The molecule has 0 aromatic carbocycles. The number of hydrogen-bond donors (Lipinski definition) is 0. The van der Waals surface area contributed by atoms with Crippen LogP contribution in [0, 0.1) is 12.1 Å². The zero-order valence-corrected chi connectivity index (χ0v) is 6.36. The van der Waals surface area contributed by atoms with Gasteiger partial charge in [-0.25, -0.2) is 0 Å². The first-order valence-electron chi connectivity index (χ1n) is 3.61. The van der Waals surface area contributed by atoms with E-state index in [1.165, 1.54) is 0 Å². The Kier molecular flexibility index (Phi) is 1.82. The van der Waals surface area contributed by atoms with E-state index in [1.54, 1.807) is 12.4 Å². The lowest BCUT2D eigenvalue weighted by Gasteiger charge is -1.95. The summed E-state index contributed by atoms with van der Waals surface area (Å²) in [7, 11) is 0. The Morgan fingerprint density at radius 3 is 1.67 bits per heavy atom. The van der Waals surface area contributed by atoms with Crippen LogP contribution < -0.4 is 0 Å². The van der Waals surface area contributed by atoms with Gasteiger partial charge in [-0.2, -0.15) is 0 Å². The van der Waals surface area contributed by atoms with Gasteiger partial charge >= 0.3 is 0 Å². The SMILES string of the molecule is [c]1ccc(-c2cc[c]cn2)nc1. The maximum Gasteiger partial charge on any atom is 0.0886 e. The highest BCUT2D eigenvalue weighted by Crippen LogP contribution is 2.10. The molecular formula is C10H6N2. The fourth-order valence-corrected chi connectivity index (χ4v) is 0.943. The van der Waals surface area contributed by atoms with Crippen molar-refractivity contribution in [3.05, 3.63) is 48.8 Å². The lowest BCUT2D eigenvalue weighted by Crippen LogP contribution is -1.84. The van der Waals surface area contributed by atoms with Crippen LogP contribution in [-0.4, -0.2) is 9.97 Å². The third-order valence-electron chi connectivity index (χ3n) is 1.49. The standard InChI is InChI=1S/C10H6N2/c1-3-7-11-9(5-1)10-6-2-4-8-12-10/h1-2,5-8H. The van der Waals surface area contributed by atoms with Gasteiger partial charge in [-0.3, -0.25) is 9.97 Å². The highest BCUT2D eigenvalue weighted by molar-refractivity contribution is 5.52. The Morgan fingerprint density at radius 1 is 0.833 bits per heavy atom. The van der Waals surface area contributed by atoms with E-state index in [4.69, 9.17) is 0 Å². The molecule has 2 nitrogen and oxygen atoms in total. The van der Waals surface area contributed by atoms with Crippen molar-refractivity contribution >= 4 is 0 Å². The van der Waals surface area contributed by atoms with Crippen LogP contribution in [0.2, 0.25) is 0 Å². The van der Waals surface area contributed by atoms with Crippen LogP contribution in [0.4, 0.5) is 0 Å². The molecule has 0 spiro atoms. The zero-order chi connectivity index (χ0) is 8.23. The Hall–Kier alpha value is -1.70. The number of rotatable bonds is 1. The first-order valence-corrected chi connectivity index (χ1v) is 3.61. The lowest BCUT2D eigenvalue weighted by atomic mass is 10.2. The van der Waals surface area contributed by atoms with Gasteiger partial charge in [-0.1, -0.05) is 12.1 Å². The third-order valence-corrected chi connectivity index (χ3v) is 1.49. The minimum absolute atomic E-state index is 0.864. The van der Waals surface area contributed by atoms with E-state index in [0.717, 1.165) is 11.4 Å². The summed E-state index contributed by atoms with van der Waals surface area (Å²) in [5, 5.41) is 0. The molecule has 2 rings (SSSR count). The van der Waals surface area contributed by atoms with Gasteiger partial charge in [-0.05, 0) is 12.1 Å². The van der Waals surface area contributed by atoms with E-state index in [1.807, 2.05) is 24.3 Å². The first-order chi connectivity index (χ1) is 5.97. The molecule has 56 valence electrons. The Labute approximate surface area is 70.9 Å². The second kappa shape index (κ2) is 3.13. The molecule has 0 bridgehead atoms. The van der Waals surface area contributed by atoms with Gasteiger partial charge in [0.1, 0.15) is 0 Å². The molecular weight excluding hydrogens is 148 g/mol. The van der Waals surface area contributed by atoms with Crippen LogP contribution in [0.3, 0.4) is 0 Å². The average molecular weight is 154 g/mol. The minimum Gasteiger partial charge on any atom is -0.254 e. The molecule has 0 saturated carbocycles. The molecule has 0 aliphatic heterocycles.